The molecule has 0 fully saturated rings. The number of rotatable bonds is 4. The van der Waals surface area contributed by atoms with Crippen molar-refractivity contribution >= 4 is 15.7 Å². The second-order valence-electron chi connectivity index (χ2n) is 3.96. The number of hydrogen-bond acceptors (Lipinski definition) is 2. The van der Waals surface area contributed by atoms with Gasteiger partial charge in [-0.3, -0.25) is 0 Å². The van der Waals surface area contributed by atoms with Crippen LogP contribution in [-0.4, -0.2) is 15.7 Å². The van der Waals surface area contributed by atoms with E-state index in [1.54, 1.807) is 0 Å². The zero-order valence-electron chi connectivity index (χ0n) is 8.39. The molecule has 0 radical (unpaired) electrons. The molecule has 0 aromatic rings. The van der Waals surface area contributed by atoms with Crippen molar-refractivity contribution in [1.29, 1.82) is 0 Å². The summed E-state index contributed by atoms with van der Waals surface area (Å²) in [5.41, 5.74) is 0. The summed E-state index contributed by atoms with van der Waals surface area (Å²) < 4.78 is 5.10. The monoisotopic (exact) mass is 186 g/mol. The molecule has 0 aromatic heterocycles. The Labute approximate surface area is 76.9 Å². The minimum Gasteiger partial charge on any atom is -0.521 e. The molecule has 0 heterocycles. The quantitative estimate of drug-likeness (QED) is 0.493. The minimum atomic E-state index is -0.787. The molecule has 12 heavy (non-hydrogen) atoms. The van der Waals surface area contributed by atoms with E-state index in [0.717, 1.165) is 0 Å². The maximum Gasteiger partial charge on any atom is 0.316 e. The summed E-state index contributed by atoms with van der Waals surface area (Å²) in [5, 5.41) is 0.179. The minimum absolute atomic E-state index is 0.179. The Balaban J connectivity index is 3.91. The highest BCUT2D eigenvalue weighted by molar-refractivity contribution is 6.35. The Hall–Kier alpha value is -0.573. The molecule has 0 aromatic carbocycles. The van der Waals surface area contributed by atoms with Crippen molar-refractivity contribution in [3.63, 3.8) is 0 Å². The van der Waals surface area contributed by atoms with Gasteiger partial charge >= 0.3 is 5.97 Å². The van der Waals surface area contributed by atoms with Crippen molar-refractivity contribution in [1.82, 2.24) is 0 Å². The third-order valence-corrected chi connectivity index (χ3v) is 4.31. The smallest absolute Gasteiger partial charge is 0.316 e. The van der Waals surface area contributed by atoms with E-state index in [0.29, 0.717) is 5.92 Å². The van der Waals surface area contributed by atoms with Gasteiger partial charge in [0.15, 0.2) is 0 Å². The van der Waals surface area contributed by atoms with Crippen molar-refractivity contribution in [2.24, 2.45) is 5.92 Å². The van der Waals surface area contributed by atoms with Crippen LogP contribution in [-0.2, 0) is 9.22 Å². The van der Waals surface area contributed by atoms with Crippen molar-refractivity contribution < 1.29 is 9.22 Å². The SMILES string of the molecule is C=CC(=O)O[SiH2]C(C)(C)C(C)C. The van der Waals surface area contributed by atoms with Crippen LogP contribution in [0.15, 0.2) is 12.7 Å². The average molecular weight is 186 g/mol. The van der Waals surface area contributed by atoms with Gasteiger partial charge in [0, 0.05) is 6.08 Å². The summed E-state index contributed by atoms with van der Waals surface area (Å²) in [5.74, 6) is 0.275. The summed E-state index contributed by atoms with van der Waals surface area (Å²) in [6, 6.07) is 0. The van der Waals surface area contributed by atoms with Crippen molar-refractivity contribution in [2.75, 3.05) is 0 Å². The molecule has 0 unspecified atom stereocenters. The fourth-order valence-electron chi connectivity index (χ4n) is 0.483. The normalized spacial score (nSPS) is 12.4. The average Bonchev–Trinajstić information content (AvgIpc) is 2.00. The van der Waals surface area contributed by atoms with E-state index in [9.17, 15) is 4.79 Å². The van der Waals surface area contributed by atoms with Gasteiger partial charge in [-0.1, -0.05) is 34.3 Å². The Morgan fingerprint density at radius 2 is 2.08 bits per heavy atom. The number of carbonyl (C=O) groups is 1. The van der Waals surface area contributed by atoms with Gasteiger partial charge < -0.3 is 4.43 Å². The second-order valence-corrected chi connectivity index (χ2v) is 6.35. The third kappa shape index (κ3) is 3.71. The second kappa shape index (κ2) is 4.45. The molecule has 0 rings (SSSR count). The standard InChI is InChI=1S/C9H18O2Si/c1-6-8(10)11-12-9(4,5)7(2)3/h6-7H,1,12H2,2-5H3. The Bertz CT molecular complexity index is 173. The molecule has 0 atom stereocenters. The lowest BCUT2D eigenvalue weighted by Gasteiger charge is -2.27. The van der Waals surface area contributed by atoms with E-state index in [4.69, 9.17) is 4.43 Å². The number of hydrogen-bond donors (Lipinski definition) is 0. The van der Waals surface area contributed by atoms with Crippen LogP contribution in [0.5, 0.6) is 0 Å². The molecular weight excluding hydrogens is 168 g/mol. The highest BCUT2D eigenvalue weighted by atomic mass is 28.2. The van der Waals surface area contributed by atoms with E-state index < -0.39 is 9.76 Å². The molecule has 3 heteroatoms. The first-order chi connectivity index (χ1) is 5.40. The topological polar surface area (TPSA) is 26.3 Å². The maximum atomic E-state index is 10.8. The van der Waals surface area contributed by atoms with E-state index in [1.807, 2.05) is 0 Å². The van der Waals surface area contributed by atoms with Gasteiger partial charge in [0.25, 0.3) is 0 Å². The fourth-order valence-corrected chi connectivity index (χ4v) is 1.45. The van der Waals surface area contributed by atoms with Crippen LogP contribution in [0.25, 0.3) is 0 Å². The van der Waals surface area contributed by atoms with Gasteiger partial charge in [-0.05, 0) is 11.0 Å². The summed E-state index contributed by atoms with van der Waals surface area (Å²) in [4.78, 5) is 10.8. The van der Waals surface area contributed by atoms with Crippen molar-refractivity contribution in [3.05, 3.63) is 12.7 Å². The lowest BCUT2D eigenvalue weighted by atomic mass is 9.99. The molecule has 0 aliphatic heterocycles. The lowest BCUT2D eigenvalue weighted by molar-refractivity contribution is -0.129. The molecular formula is C9H18O2Si. The lowest BCUT2D eigenvalue weighted by Crippen LogP contribution is -2.23. The third-order valence-electron chi connectivity index (χ3n) is 2.32. The highest BCUT2D eigenvalue weighted by Gasteiger charge is 2.24. The summed E-state index contributed by atoms with van der Waals surface area (Å²) in [6.45, 7) is 11.9. The Morgan fingerprint density at radius 3 is 2.42 bits per heavy atom. The molecule has 0 bridgehead atoms. The van der Waals surface area contributed by atoms with E-state index in [1.165, 1.54) is 6.08 Å². The first-order valence-corrected chi connectivity index (χ1v) is 5.48. The first-order valence-electron chi connectivity index (χ1n) is 4.19. The zero-order valence-corrected chi connectivity index (χ0v) is 9.80. The summed E-state index contributed by atoms with van der Waals surface area (Å²) in [7, 11) is -0.787. The van der Waals surface area contributed by atoms with Crippen LogP contribution in [0.2, 0.25) is 5.04 Å². The largest absolute Gasteiger partial charge is 0.521 e. The number of carbonyl (C=O) groups excluding carboxylic acids is 1. The van der Waals surface area contributed by atoms with Gasteiger partial charge in [0.2, 0.25) is 9.76 Å². The molecule has 2 nitrogen and oxygen atoms in total. The summed E-state index contributed by atoms with van der Waals surface area (Å²) in [6.07, 6.45) is 1.23. The van der Waals surface area contributed by atoms with E-state index >= 15 is 0 Å². The molecule has 0 N–H and O–H groups in total. The first kappa shape index (κ1) is 11.4. The molecule has 0 saturated heterocycles. The Morgan fingerprint density at radius 1 is 1.58 bits per heavy atom. The molecule has 0 saturated carbocycles. The van der Waals surface area contributed by atoms with E-state index in [2.05, 4.69) is 34.3 Å². The predicted molar refractivity (Wildman–Crippen MR) is 53.7 cm³/mol. The highest BCUT2D eigenvalue weighted by Crippen LogP contribution is 2.32. The molecule has 0 amide bonds. The van der Waals surface area contributed by atoms with Gasteiger partial charge in [-0.25, -0.2) is 4.79 Å². The Kier molecular flexibility index (Phi) is 4.24. The van der Waals surface area contributed by atoms with Crippen molar-refractivity contribution in [2.45, 2.75) is 32.7 Å². The van der Waals surface area contributed by atoms with Crippen LogP contribution in [0.1, 0.15) is 27.7 Å². The van der Waals surface area contributed by atoms with Crippen molar-refractivity contribution in [3.8, 4) is 0 Å². The fraction of sp³-hybridized carbons (Fsp3) is 0.667. The van der Waals surface area contributed by atoms with Crippen LogP contribution < -0.4 is 0 Å². The van der Waals surface area contributed by atoms with Gasteiger partial charge in [-0.2, -0.15) is 0 Å². The van der Waals surface area contributed by atoms with Crippen LogP contribution in [0, 0.1) is 5.92 Å². The van der Waals surface area contributed by atoms with Gasteiger partial charge in [0.05, 0.1) is 0 Å². The van der Waals surface area contributed by atoms with E-state index in [-0.39, 0.29) is 11.0 Å². The zero-order chi connectivity index (χ0) is 9.78. The molecule has 70 valence electrons. The molecule has 0 aliphatic carbocycles. The van der Waals surface area contributed by atoms with Gasteiger partial charge in [0.1, 0.15) is 0 Å². The van der Waals surface area contributed by atoms with Crippen LogP contribution in [0.4, 0.5) is 0 Å². The van der Waals surface area contributed by atoms with Crippen LogP contribution >= 0.6 is 0 Å². The predicted octanol–water partition coefficient (Wildman–Crippen LogP) is 1.65. The summed E-state index contributed by atoms with van der Waals surface area (Å²) >= 11 is 0. The molecule has 0 aliphatic rings. The van der Waals surface area contributed by atoms with Gasteiger partial charge in [-0.15, -0.1) is 0 Å². The van der Waals surface area contributed by atoms with Crippen LogP contribution in [0.3, 0.4) is 0 Å². The maximum absolute atomic E-state index is 10.8. The molecule has 0 spiro atoms.